The van der Waals surface area contributed by atoms with Gasteiger partial charge in [-0.2, -0.15) is 5.10 Å². The highest BCUT2D eigenvalue weighted by Crippen LogP contribution is 2.28. The van der Waals surface area contributed by atoms with Crippen molar-refractivity contribution in [1.82, 2.24) is 5.43 Å². The average Bonchev–Trinajstić information content (AvgIpc) is 3.08. The lowest BCUT2D eigenvalue weighted by molar-refractivity contribution is 0.0959. The number of hydrogen-bond donors (Lipinski definition) is 1. The van der Waals surface area contributed by atoms with Gasteiger partial charge >= 0.3 is 0 Å². The number of benzene rings is 2. The molecule has 3 aromatic rings. The molecule has 3 rings (SSSR count). The van der Waals surface area contributed by atoms with Gasteiger partial charge in [0.2, 0.25) is 0 Å². The maximum atomic E-state index is 13.0. The highest BCUT2D eigenvalue weighted by molar-refractivity contribution is 7.17. The van der Waals surface area contributed by atoms with Gasteiger partial charge < -0.3 is 0 Å². The van der Waals surface area contributed by atoms with Gasteiger partial charge in [-0.25, -0.2) is 9.82 Å². The summed E-state index contributed by atoms with van der Waals surface area (Å²) in [6.07, 6.45) is 1.40. The first kappa shape index (κ1) is 17.6. The topological polar surface area (TPSA) is 41.5 Å². The van der Waals surface area contributed by atoms with Crippen molar-refractivity contribution >= 4 is 46.7 Å². The molecule has 1 amide bonds. The second-order valence-corrected chi connectivity index (χ2v) is 6.90. The lowest BCUT2D eigenvalue weighted by Crippen LogP contribution is -2.16. The van der Waals surface area contributed by atoms with Gasteiger partial charge in [-0.15, -0.1) is 11.3 Å². The van der Waals surface area contributed by atoms with Gasteiger partial charge in [0.05, 0.1) is 21.1 Å². The van der Waals surface area contributed by atoms with Crippen molar-refractivity contribution in [3.8, 4) is 10.4 Å². The summed E-state index contributed by atoms with van der Waals surface area (Å²) in [5.74, 6) is -0.649. The quantitative estimate of drug-likeness (QED) is 0.453. The van der Waals surface area contributed by atoms with Crippen LogP contribution >= 0.6 is 34.5 Å². The van der Waals surface area contributed by atoms with Crippen molar-refractivity contribution < 1.29 is 9.18 Å². The number of rotatable bonds is 4. The van der Waals surface area contributed by atoms with E-state index in [2.05, 4.69) is 10.5 Å². The summed E-state index contributed by atoms with van der Waals surface area (Å²) < 4.78 is 13.0. The second kappa shape index (κ2) is 7.78. The van der Waals surface area contributed by atoms with Crippen LogP contribution in [0.5, 0.6) is 0 Å². The number of nitrogens with one attached hydrogen (secondary N) is 1. The van der Waals surface area contributed by atoms with Crippen molar-refractivity contribution in [2.45, 2.75) is 0 Å². The van der Waals surface area contributed by atoms with E-state index in [1.807, 2.05) is 6.07 Å². The van der Waals surface area contributed by atoms with E-state index < -0.39 is 0 Å². The Morgan fingerprint density at radius 2 is 1.72 bits per heavy atom. The van der Waals surface area contributed by atoms with Gasteiger partial charge in [0.15, 0.2) is 0 Å². The van der Waals surface area contributed by atoms with Crippen LogP contribution in [0.3, 0.4) is 0 Å². The van der Waals surface area contributed by atoms with Crippen LogP contribution in [0.1, 0.15) is 15.2 Å². The molecule has 0 spiro atoms. The molecule has 3 nitrogen and oxygen atoms in total. The molecule has 25 heavy (non-hydrogen) atoms. The number of hydrogen-bond acceptors (Lipinski definition) is 3. The van der Waals surface area contributed by atoms with Crippen LogP contribution in [0, 0.1) is 5.82 Å². The Kier molecular flexibility index (Phi) is 5.48. The predicted molar refractivity (Wildman–Crippen MR) is 101 cm³/mol. The Hall–Kier alpha value is -2.21. The number of hydrazone groups is 1. The maximum absolute atomic E-state index is 13.0. The molecule has 0 atom stereocenters. The normalized spacial score (nSPS) is 11.0. The molecule has 0 radical (unpaired) electrons. The third kappa shape index (κ3) is 4.25. The molecular formula is C18H11Cl2FN2OS. The lowest BCUT2D eigenvalue weighted by Gasteiger charge is -2.00. The largest absolute Gasteiger partial charge is 0.281 e. The van der Waals surface area contributed by atoms with Gasteiger partial charge in [-0.05, 0) is 42.0 Å². The van der Waals surface area contributed by atoms with Crippen LogP contribution in [0.25, 0.3) is 10.4 Å². The summed E-state index contributed by atoms with van der Waals surface area (Å²) in [6.45, 7) is 0. The SMILES string of the molecule is O=C(N/N=C\c1c(Cl)cccc1Cl)c1ccc(-c2ccc(F)cc2)s1. The summed E-state index contributed by atoms with van der Waals surface area (Å²) >= 11 is 13.4. The number of carbonyl (C=O) groups is 1. The second-order valence-electron chi connectivity index (χ2n) is 5.01. The number of thiophene rings is 1. The smallest absolute Gasteiger partial charge is 0.266 e. The molecule has 0 unspecified atom stereocenters. The van der Waals surface area contributed by atoms with Gasteiger partial charge in [0, 0.05) is 10.4 Å². The van der Waals surface area contributed by atoms with Gasteiger partial charge in [0.1, 0.15) is 5.82 Å². The fourth-order valence-electron chi connectivity index (χ4n) is 2.07. The molecule has 0 fully saturated rings. The van der Waals surface area contributed by atoms with Crippen molar-refractivity contribution in [2.24, 2.45) is 5.10 Å². The van der Waals surface area contributed by atoms with Crippen LogP contribution in [-0.4, -0.2) is 12.1 Å². The van der Waals surface area contributed by atoms with Crippen LogP contribution in [0.15, 0.2) is 59.7 Å². The fourth-order valence-corrected chi connectivity index (χ4v) is 3.47. The minimum Gasteiger partial charge on any atom is -0.266 e. The molecule has 1 heterocycles. The van der Waals surface area contributed by atoms with Crippen LogP contribution in [0.4, 0.5) is 4.39 Å². The lowest BCUT2D eigenvalue weighted by atomic mass is 10.2. The molecule has 0 bridgehead atoms. The summed E-state index contributed by atoms with van der Waals surface area (Å²) in [4.78, 5) is 13.5. The Balaban J connectivity index is 1.70. The first-order chi connectivity index (χ1) is 12.0. The Bertz CT molecular complexity index is 918. The van der Waals surface area contributed by atoms with Crippen molar-refractivity contribution in [2.75, 3.05) is 0 Å². The summed E-state index contributed by atoms with van der Waals surface area (Å²) in [5, 5.41) is 4.79. The number of amides is 1. The van der Waals surface area contributed by atoms with E-state index in [4.69, 9.17) is 23.2 Å². The van der Waals surface area contributed by atoms with Crippen LogP contribution < -0.4 is 5.43 Å². The molecule has 0 saturated heterocycles. The third-order valence-electron chi connectivity index (χ3n) is 3.32. The molecule has 7 heteroatoms. The Labute approximate surface area is 157 Å². The number of nitrogens with zero attached hydrogens (tertiary/aromatic N) is 1. The molecule has 0 saturated carbocycles. The Morgan fingerprint density at radius 1 is 1.04 bits per heavy atom. The standard InChI is InChI=1S/C18H11Cl2FN2OS/c19-14-2-1-3-15(20)13(14)10-22-23-18(24)17-9-8-16(25-17)11-4-6-12(21)7-5-11/h1-10H,(H,23,24)/b22-10-. The van der Waals surface area contributed by atoms with E-state index in [0.29, 0.717) is 20.5 Å². The first-order valence-corrected chi connectivity index (χ1v) is 8.75. The molecule has 0 aliphatic rings. The zero-order chi connectivity index (χ0) is 17.8. The molecular weight excluding hydrogens is 382 g/mol. The zero-order valence-corrected chi connectivity index (χ0v) is 15.0. The highest BCUT2D eigenvalue weighted by Gasteiger charge is 2.10. The molecule has 1 aromatic heterocycles. The van der Waals surface area contributed by atoms with Crippen molar-refractivity contribution in [1.29, 1.82) is 0 Å². The molecule has 0 aliphatic heterocycles. The zero-order valence-electron chi connectivity index (χ0n) is 12.7. The van der Waals surface area contributed by atoms with Gasteiger partial charge in [0.25, 0.3) is 5.91 Å². The highest BCUT2D eigenvalue weighted by atomic mass is 35.5. The van der Waals surface area contributed by atoms with E-state index in [1.54, 1.807) is 36.4 Å². The van der Waals surface area contributed by atoms with Gasteiger partial charge in [-0.1, -0.05) is 41.4 Å². The van der Waals surface area contributed by atoms with Crippen LogP contribution in [0.2, 0.25) is 10.0 Å². The van der Waals surface area contributed by atoms with E-state index in [-0.39, 0.29) is 11.7 Å². The average molecular weight is 393 g/mol. The molecule has 126 valence electrons. The molecule has 1 N–H and O–H groups in total. The predicted octanol–water partition coefficient (Wildman–Crippen LogP) is 5.62. The monoisotopic (exact) mass is 392 g/mol. The van der Waals surface area contributed by atoms with E-state index in [9.17, 15) is 9.18 Å². The molecule has 0 aliphatic carbocycles. The van der Waals surface area contributed by atoms with Crippen molar-refractivity contribution in [3.63, 3.8) is 0 Å². The summed E-state index contributed by atoms with van der Waals surface area (Å²) in [5.41, 5.74) is 3.82. The summed E-state index contributed by atoms with van der Waals surface area (Å²) in [6, 6.07) is 14.7. The minimum atomic E-state index is -0.349. The fraction of sp³-hybridized carbons (Fsp3) is 0. The molecule has 2 aromatic carbocycles. The van der Waals surface area contributed by atoms with Gasteiger partial charge in [-0.3, -0.25) is 4.79 Å². The van der Waals surface area contributed by atoms with Crippen LogP contribution in [-0.2, 0) is 0 Å². The first-order valence-electron chi connectivity index (χ1n) is 7.18. The van der Waals surface area contributed by atoms with E-state index in [1.165, 1.54) is 29.7 Å². The van der Waals surface area contributed by atoms with E-state index >= 15 is 0 Å². The van der Waals surface area contributed by atoms with Crippen molar-refractivity contribution in [3.05, 3.63) is 80.9 Å². The summed E-state index contributed by atoms with van der Waals surface area (Å²) in [7, 11) is 0. The minimum absolute atomic E-state index is 0.300. The maximum Gasteiger partial charge on any atom is 0.281 e. The number of halogens is 3. The number of carbonyl (C=O) groups excluding carboxylic acids is 1. The Morgan fingerprint density at radius 3 is 2.40 bits per heavy atom. The van der Waals surface area contributed by atoms with E-state index in [0.717, 1.165) is 10.4 Å². The third-order valence-corrected chi connectivity index (χ3v) is 5.11.